The minimum atomic E-state index is -0.698. The minimum absolute atomic E-state index is 0.144. The Morgan fingerprint density at radius 3 is 2.44 bits per heavy atom. The molecule has 0 radical (unpaired) electrons. The lowest BCUT2D eigenvalue weighted by atomic mass is 9.94. The van der Waals surface area contributed by atoms with Crippen LogP contribution in [0.1, 0.15) is 32.0 Å². The van der Waals surface area contributed by atoms with Gasteiger partial charge in [0.25, 0.3) is 17.5 Å². The molecule has 0 aliphatic carbocycles. The van der Waals surface area contributed by atoms with Crippen LogP contribution in [-0.2, 0) is 0 Å². The van der Waals surface area contributed by atoms with Gasteiger partial charge in [-0.05, 0) is 43.3 Å². The van der Waals surface area contributed by atoms with Crippen molar-refractivity contribution in [2.24, 2.45) is 5.10 Å². The van der Waals surface area contributed by atoms with Crippen molar-refractivity contribution in [1.29, 1.82) is 0 Å². The van der Waals surface area contributed by atoms with Crippen LogP contribution in [0.4, 0.5) is 5.69 Å². The second kappa shape index (κ2) is 8.05. The summed E-state index contributed by atoms with van der Waals surface area (Å²) in [5, 5.41) is 21.8. The molecule has 1 aromatic heterocycles. The van der Waals surface area contributed by atoms with Gasteiger partial charge in [0.1, 0.15) is 5.15 Å². The standard InChI is InChI=1S/C23H13Cl2N5O4/c1-12-18(21(25)28(27-12)14-5-2-4-13(24)10-14)11-26-29-22(31)16-7-3-6-15-19(30(33)34)9-8-17(20(15)16)23(29)32/h2-11H,1H3. The lowest BCUT2D eigenvalue weighted by Crippen LogP contribution is -2.36. The Kier molecular flexibility index (Phi) is 5.15. The van der Waals surface area contributed by atoms with E-state index >= 15 is 0 Å². The molecule has 0 atom stereocenters. The fraction of sp³-hybridized carbons (Fsp3) is 0.0435. The topological polar surface area (TPSA) is 111 Å². The van der Waals surface area contributed by atoms with E-state index in [-0.39, 0.29) is 32.7 Å². The average Bonchev–Trinajstić information content (AvgIpc) is 3.10. The molecule has 168 valence electrons. The number of carbonyl (C=O) groups is 2. The van der Waals surface area contributed by atoms with Crippen LogP contribution in [0.2, 0.25) is 10.2 Å². The molecule has 0 saturated carbocycles. The highest BCUT2D eigenvalue weighted by Crippen LogP contribution is 2.35. The molecule has 5 rings (SSSR count). The molecule has 0 unspecified atom stereocenters. The largest absolute Gasteiger partial charge is 0.282 e. The first-order valence-corrected chi connectivity index (χ1v) is 10.7. The summed E-state index contributed by atoms with van der Waals surface area (Å²) in [7, 11) is 0. The van der Waals surface area contributed by atoms with Crippen molar-refractivity contribution in [1.82, 2.24) is 14.8 Å². The van der Waals surface area contributed by atoms with E-state index in [1.165, 1.54) is 41.2 Å². The Morgan fingerprint density at radius 1 is 1.03 bits per heavy atom. The van der Waals surface area contributed by atoms with Gasteiger partial charge in [-0.15, -0.1) is 0 Å². The summed E-state index contributed by atoms with van der Waals surface area (Å²) < 4.78 is 1.47. The van der Waals surface area contributed by atoms with E-state index in [0.717, 1.165) is 5.01 Å². The van der Waals surface area contributed by atoms with E-state index in [0.29, 0.717) is 22.0 Å². The number of nitro groups is 1. The molecule has 1 aliphatic rings. The lowest BCUT2D eigenvalue weighted by molar-refractivity contribution is -0.383. The van der Waals surface area contributed by atoms with Crippen molar-refractivity contribution in [3.05, 3.63) is 97.3 Å². The molecule has 34 heavy (non-hydrogen) atoms. The molecular weight excluding hydrogens is 481 g/mol. The maximum absolute atomic E-state index is 13.1. The van der Waals surface area contributed by atoms with Gasteiger partial charge in [-0.3, -0.25) is 19.7 Å². The van der Waals surface area contributed by atoms with Crippen LogP contribution >= 0.6 is 23.2 Å². The number of hydrogen-bond donors (Lipinski definition) is 0. The molecule has 9 nitrogen and oxygen atoms in total. The number of aromatic nitrogens is 2. The average molecular weight is 494 g/mol. The number of rotatable bonds is 4. The van der Waals surface area contributed by atoms with E-state index in [2.05, 4.69) is 10.2 Å². The van der Waals surface area contributed by atoms with E-state index in [1.807, 2.05) is 0 Å². The van der Waals surface area contributed by atoms with Crippen molar-refractivity contribution in [2.45, 2.75) is 6.92 Å². The van der Waals surface area contributed by atoms with Crippen LogP contribution in [-0.4, -0.2) is 37.7 Å². The number of imide groups is 1. The van der Waals surface area contributed by atoms with Crippen LogP contribution in [0.5, 0.6) is 0 Å². The van der Waals surface area contributed by atoms with Crippen LogP contribution in [0.15, 0.2) is 59.7 Å². The molecule has 11 heteroatoms. The number of non-ortho nitro benzene ring substituents is 1. The van der Waals surface area contributed by atoms with Gasteiger partial charge in [0, 0.05) is 16.5 Å². The number of nitro benzene ring substituents is 1. The third-order valence-corrected chi connectivity index (χ3v) is 6.06. The molecule has 0 bridgehead atoms. The molecule has 0 N–H and O–H groups in total. The fourth-order valence-electron chi connectivity index (χ4n) is 3.88. The number of benzene rings is 3. The van der Waals surface area contributed by atoms with Gasteiger partial charge < -0.3 is 0 Å². The molecule has 0 saturated heterocycles. The molecule has 3 aromatic carbocycles. The van der Waals surface area contributed by atoms with E-state index < -0.39 is 16.7 Å². The van der Waals surface area contributed by atoms with Crippen LogP contribution in [0.25, 0.3) is 16.5 Å². The predicted molar refractivity (Wildman–Crippen MR) is 127 cm³/mol. The summed E-state index contributed by atoms with van der Waals surface area (Å²) in [5.41, 5.74) is 1.66. The zero-order valence-corrected chi connectivity index (χ0v) is 18.9. The Hall–Kier alpha value is -4.08. The van der Waals surface area contributed by atoms with Gasteiger partial charge in [0.05, 0.1) is 44.6 Å². The van der Waals surface area contributed by atoms with E-state index in [1.54, 1.807) is 31.2 Å². The van der Waals surface area contributed by atoms with Gasteiger partial charge in [0.2, 0.25) is 0 Å². The Labute approximate surface area is 201 Å². The van der Waals surface area contributed by atoms with Crippen molar-refractivity contribution < 1.29 is 14.5 Å². The number of hydrazone groups is 1. The lowest BCUT2D eigenvalue weighted by Gasteiger charge is -2.22. The Bertz CT molecular complexity index is 1560. The molecule has 2 amide bonds. The highest BCUT2D eigenvalue weighted by atomic mass is 35.5. The Morgan fingerprint density at radius 2 is 1.74 bits per heavy atom. The zero-order valence-electron chi connectivity index (χ0n) is 17.4. The second-order valence-electron chi connectivity index (χ2n) is 7.47. The highest BCUT2D eigenvalue weighted by Gasteiger charge is 2.35. The molecule has 0 spiro atoms. The van der Waals surface area contributed by atoms with Crippen molar-refractivity contribution in [2.75, 3.05) is 0 Å². The molecule has 1 aliphatic heterocycles. The summed E-state index contributed by atoms with van der Waals surface area (Å²) in [4.78, 5) is 37.0. The van der Waals surface area contributed by atoms with Crippen molar-refractivity contribution >= 4 is 57.7 Å². The van der Waals surface area contributed by atoms with Gasteiger partial charge in [0.15, 0.2) is 0 Å². The quantitative estimate of drug-likeness (QED) is 0.168. The maximum atomic E-state index is 13.1. The number of carbonyl (C=O) groups excluding carboxylic acids is 2. The van der Waals surface area contributed by atoms with E-state index in [9.17, 15) is 19.7 Å². The van der Waals surface area contributed by atoms with Crippen LogP contribution in [0, 0.1) is 17.0 Å². The maximum Gasteiger partial charge on any atom is 0.282 e. The monoisotopic (exact) mass is 493 g/mol. The molecular formula is C23H13Cl2N5O4. The highest BCUT2D eigenvalue weighted by molar-refractivity contribution is 6.33. The summed E-state index contributed by atoms with van der Waals surface area (Å²) in [6.07, 6.45) is 1.29. The van der Waals surface area contributed by atoms with Gasteiger partial charge in [-0.25, -0.2) is 4.68 Å². The van der Waals surface area contributed by atoms with Gasteiger partial charge in [-0.2, -0.15) is 15.2 Å². The zero-order chi connectivity index (χ0) is 24.1. The third-order valence-electron chi connectivity index (χ3n) is 5.46. The van der Waals surface area contributed by atoms with Gasteiger partial charge in [-0.1, -0.05) is 35.3 Å². The molecule has 0 fully saturated rings. The molecule has 2 heterocycles. The first-order chi connectivity index (χ1) is 16.3. The van der Waals surface area contributed by atoms with Crippen LogP contribution < -0.4 is 0 Å². The SMILES string of the molecule is Cc1nn(-c2cccc(Cl)c2)c(Cl)c1C=NN1C(=O)c2cccc3c([N+](=O)[O-])ccc(c23)C1=O. The Balaban J connectivity index is 1.56. The van der Waals surface area contributed by atoms with Gasteiger partial charge >= 0.3 is 0 Å². The first kappa shape index (κ1) is 21.7. The number of amides is 2. The first-order valence-electron chi connectivity index (χ1n) is 9.92. The summed E-state index contributed by atoms with van der Waals surface area (Å²) >= 11 is 12.6. The summed E-state index contributed by atoms with van der Waals surface area (Å²) in [5.74, 6) is -1.40. The van der Waals surface area contributed by atoms with Crippen molar-refractivity contribution in [3.63, 3.8) is 0 Å². The molecule has 4 aromatic rings. The number of aryl methyl sites for hydroxylation is 1. The number of hydrogen-bond acceptors (Lipinski definition) is 6. The van der Waals surface area contributed by atoms with Crippen molar-refractivity contribution in [3.8, 4) is 5.69 Å². The second-order valence-corrected chi connectivity index (χ2v) is 8.26. The van der Waals surface area contributed by atoms with E-state index in [4.69, 9.17) is 23.2 Å². The van der Waals surface area contributed by atoms with Crippen LogP contribution in [0.3, 0.4) is 0 Å². The predicted octanol–water partition coefficient (Wildman–Crippen LogP) is 5.18. The normalized spacial score (nSPS) is 13.3. The smallest absolute Gasteiger partial charge is 0.267 e. The summed E-state index contributed by atoms with van der Waals surface area (Å²) in [6.45, 7) is 1.71. The number of halogens is 2. The minimum Gasteiger partial charge on any atom is -0.267 e. The third kappa shape index (κ3) is 3.33. The summed E-state index contributed by atoms with van der Waals surface area (Å²) in [6, 6.07) is 14.1. The fourth-order valence-corrected chi connectivity index (χ4v) is 4.39. The number of nitrogens with zero attached hydrogens (tertiary/aromatic N) is 5.